The van der Waals surface area contributed by atoms with Gasteiger partial charge in [0.25, 0.3) is 10.0 Å². The number of carboxylic acids is 1. The zero-order chi connectivity index (χ0) is 17.2. The van der Waals surface area contributed by atoms with E-state index in [1.165, 1.54) is 0 Å². The number of fused-ring (bicyclic) bond motifs is 1. The third kappa shape index (κ3) is 3.48. The Morgan fingerprint density at radius 2 is 2.12 bits per heavy atom. The molecule has 0 unspecified atom stereocenters. The van der Waals surface area contributed by atoms with Crippen molar-refractivity contribution in [3.8, 4) is 0 Å². The maximum atomic E-state index is 12.6. The first-order chi connectivity index (χ1) is 11.5. The Hall–Kier alpha value is -1.81. The standard InChI is InChI=1S/C15H17N3O4S2/c19-14(20)13-11-4-7-17-9-12(11)23-15(13)24(21,22)18-8-3-10-1-5-16-6-2-10/h1-2,5-6,17-18H,3-4,7-9H2,(H,19,20). The van der Waals surface area contributed by atoms with E-state index >= 15 is 0 Å². The fourth-order valence-corrected chi connectivity index (χ4v) is 5.60. The quantitative estimate of drug-likeness (QED) is 0.703. The molecule has 128 valence electrons. The zero-order valence-corrected chi connectivity index (χ0v) is 14.4. The maximum absolute atomic E-state index is 12.6. The van der Waals surface area contributed by atoms with E-state index < -0.39 is 16.0 Å². The predicted octanol–water partition coefficient (Wildman–Crippen LogP) is 1.01. The molecule has 0 amide bonds. The summed E-state index contributed by atoms with van der Waals surface area (Å²) in [7, 11) is -3.86. The van der Waals surface area contributed by atoms with Gasteiger partial charge >= 0.3 is 5.97 Å². The second kappa shape index (κ2) is 6.98. The Kier molecular flexibility index (Phi) is 4.95. The summed E-state index contributed by atoms with van der Waals surface area (Å²) in [6.07, 6.45) is 4.33. The molecule has 2 aromatic rings. The Balaban J connectivity index is 1.81. The number of thiophene rings is 1. The van der Waals surface area contributed by atoms with E-state index in [2.05, 4.69) is 15.0 Å². The van der Waals surface area contributed by atoms with Crippen LogP contribution in [0.3, 0.4) is 0 Å². The lowest BCUT2D eigenvalue weighted by atomic mass is 10.1. The molecule has 2 aromatic heterocycles. The van der Waals surface area contributed by atoms with Crippen molar-refractivity contribution in [2.45, 2.75) is 23.6 Å². The predicted molar refractivity (Wildman–Crippen MR) is 89.8 cm³/mol. The van der Waals surface area contributed by atoms with Gasteiger partial charge < -0.3 is 10.4 Å². The molecular formula is C15H17N3O4S2. The second-order valence-electron chi connectivity index (χ2n) is 5.40. The molecule has 1 aliphatic heterocycles. The SMILES string of the molecule is O=C(O)c1c(S(=O)(=O)NCCc2ccncc2)sc2c1CCNC2. The van der Waals surface area contributed by atoms with Gasteiger partial charge in [0, 0.05) is 30.4 Å². The summed E-state index contributed by atoms with van der Waals surface area (Å²) in [6.45, 7) is 1.36. The first-order valence-corrected chi connectivity index (χ1v) is 9.76. The van der Waals surface area contributed by atoms with Crippen LogP contribution in [0.25, 0.3) is 0 Å². The van der Waals surface area contributed by atoms with Crippen LogP contribution in [0.15, 0.2) is 28.7 Å². The molecule has 0 spiro atoms. The highest BCUT2D eigenvalue weighted by Crippen LogP contribution is 2.34. The Bertz CT molecular complexity index is 847. The Morgan fingerprint density at radius 3 is 2.83 bits per heavy atom. The topological polar surface area (TPSA) is 108 Å². The van der Waals surface area contributed by atoms with Crippen molar-refractivity contribution in [1.82, 2.24) is 15.0 Å². The van der Waals surface area contributed by atoms with Gasteiger partial charge in [0.2, 0.25) is 0 Å². The maximum Gasteiger partial charge on any atom is 0.338 e. The number of carboxylic acid groups (broad SMARTS) is 1. The number of aromatic nitrogens is 1. The van der Waals surface area contributed by atoms with Crippen LogP contribution in [-0.4, -0.2) is 37.6 Å². The molecule has 9 heteroatoms. The van der Waals surface area contributed by atoms with E-state index in [4.69, 9.17) is 0 Å². The van der Waals surface area contributed by atoms with Crippen molar-refractivity contribution in [3.63, 3.8) is 0 Å². The van der Waals surface area contributed by atoms with Crippen LogP contribution in [0, 0.1) is 0 Å². The minimum atomic E-state index is -3.86. The van der Waals surface area contributed by atoms with Gasteiger partial charge in [0.05, 0.1) is 5.56 Å². The van der Waals surface area contributed by atoms with Crippen molar-refractivity contribution in [3.05, 3.63) is 46.1 Å². The van der Waals surface area contributed by atoms with Crippen molar-refractivity contribution in [2.24, 2.45) is 0 Å². The van der Waals surface area contributed by atoms with Crippen LogP contribution in [0.4, 0.5) is 0 Å². The molecule has 3 N–H and O–H groups in total. The molecule has 24 heavy (non-hydrogen) atoms. The number of hydrogen-bond donors (Lipinski definition) is 3. The average molecular weight is 367 g/mol. The lowest BCUT2D eigenvalue weighted by molar-refractivity contribution is 0.0692. The van der Waals surface area contributed by atoms with E-state index in [0.29, 0.717) is 31.5 Å². The molecule has 0 aromatic carbocycles. The molecule has 7 nitrogen and oxygen atoms in total. The van der Waals surface area contributed by atoms with Gasteiger partial charge in [0.1, 0.15) is 4.21 Å². The summed E-state index contributed by atoms with van der Waals surface area (Å²) in [5.41, 5.74) is 1.52. The smallest absolute Gasteiger partial charge is 0.338 e. The minimum Gasteiger partial charge on any atom is -0.478 e. The van der Waals surface area contributed by atoms with E-state index in [9.17, 15) is 18.3 Å². The monoisotopic (exact) mass is 367 g/mol. The molecule has 0 saturated carbocycles. The van der Waals surface area contributed by atoms with Gasteiger partial charge in [-0.1, -0.05) is 0 Å². The fraction of sp³-hybridized carbons (Fsp3) is 0.333. The van der Waals surface area contributed by atoms with E-state index in [1.807, 2.05) is 12.1 Å². The van der Waals surface area contributed by atoms with Crippen molar-refractivity contribution < 1.29 is 18.3 Å². The Morgan fingerprint density at radius 1 is 1.38 bits per heavy atom. The average Bonchev–Trinajstić information content (AvgIpc) is 2.96. The molecule has 0 atom stereocenters. The minimum absolute atomic E-state index is 0.0760. The molecule has 3 heterocycles. The van der Waals surface area contributed by atoms with Gasteiger partial charge in [-0.2, -0.15) is 0 Å². The van der Waals surface area contributed by atoms with E-state index in [1.54, 1.807) is 12.4 Å². The van der Waals surface area contributed by atoms with Crippen molar-refractivity contribution in [2.75, 3.05) is 13.1 Å². The largest absolute Gasteiger partial charge is 0.478 e. The lowest BCUT2D eigenvalue weighted by Gasteiger charge is -2.12. The normalized spacial score (nSPS) is 14.3. The molecule has 0 radical (unpaired) electrons. The van der Waals surface area contributed by atoms with Crippen LogP contribution in [-0.2, 0) is 29.4 Å². The number of nitrogens with one attached hydrogen (secondary N) is 2. The highest BCUT2D eigenvalue weighted by Gasteiger charge is 2.31. The number of sulfonamides is 1. The molecule has 1 aliphatic rings. The Labute approximate surface area is 143 Å². The van der Waals surface area contributed by atoms with Gasteiger partial charge in [-0.25, -0.2) is 17.9 Å². The summed E-state index contributed by atoms with van der Waals surface area (Å²) in [6, 6.07) is 3.62. The van der Waals surface area contributed by atoms with Crippen LogP contribution in [0.1, 0.15) is 26.4 Å². The van der Waals surface area contributed by atoms with Crippen molar-refractivity contribution >= 4 is 27.3 Å². The number of carbonyl (C=O) groups is 1. The number of hydrogen-bond acceptors (Lipinski definition) is 6. The van der Waals surface area contributed by atoms with Gasteiger partial charge in [-0.3, -0.25) is 4.98 Å². The third-order valence-corrected chi connectivity index (χ3v) is 7.02. The van der Waals surface area contributed by atoms with E-state index in [-0.39, 0.29) is 16.3 Å². The first-order valence-electron chi connectivity index (χ1n) is 7.46. The van der Waals surface area contributed by atoms with Gasteiger partial charge in [0.15, 0.2) is 0 Å². The number of aromatic carboxylic acids is 1. The first kappa shape index (κ1) is 17.0. The number of rotatable bonds is 6. The molecule has 0 fully saturated rings. The second-order valence-corrected chi connectivity index (χ2v) is 8.47. The van der Waals surface area contributed by atoms with E-state index in [0.717, 1.165) is 21.8 Å². The molecular weight excluding hydrogens is 350 g/mol. The van der Waals surface area contributed by atoms with Crippen molar-refractivity contribution in [1.29, 1.82) is 0 Å². The van der Waals surface area contributed by atoms with Crippen LogP contribution in [0.2, 0.25) is 0 Å². The molecule has 3 rings (SSSR count). The lowest BCUT2D eigenvalue weighted by Crippen LogP contribution is -2.27. The summed E-state index contributed by atoms with van der Waals surface area (Å²) in [4.78, 5) is 16.3. The summed E-state index contributed by atoms with van der Waals surface area (Å²) < 4.78 is 27.5. The summed E-state index contributed by atoms with van der Waals surface area (Å²) >= 11 is 1.04. The highest BCUT2D eigenvalue weighted by molar-refractivity contribution is 7.91. The van der Waals surface area contributed by atoms with Crippen LogP contribution >= 0.6 is 11.3 Å². The summed E-state index contributed by atoms with van der Waals surface area (Å²) in [5.74, 6) is -1.19. The highest BCUT2D eigenvalue weighted by atomic mass is 32.2. The van der Waals surface area contributed by atoms with Gasteiger partial charge in [-0.15, -0.1) is 11.3 Å². The van der Waals surface area contributed by atoms with Crippen LogP contribution in [0.5, 0.6) is 0 Å². The molecule has 0 aliphatic carbocycles. The number of nitrogens with zero attached hydrogens (tertiary/aromatic N) is 1. The molecule has 0 saturated heterocycles. The third-order valence-electron chi connectivity index (χ3n) is 3.81. The number of pyridine rings is 1. The molecule has 0 bridgehead atoms. The zero-order valence-electron chi connectivity index (χ0n) is 12.8. The van der Waals surface area contributed by atoms with Crippen LogP contribution < -0.4 is 10.0 Å². The summed E-state index contributed by atoms with van der Waals surface area (Å²) in [5, 5.41) is 12.6. The van der Waals surface area contributed by atoms with Gasteiger partial charge in [-0.05, 0) is 42.6 Å². The fourth-order valence-electron chi connectivity index (χ4n) is 2.66.